The van der Waals surface area contributed by atoms with Crippen molar-refractivity contribution in [1.29, 1.82) is 0 Å². The molecule has 0 radical (unpaired) electrons. The molecule has 0 aliphatic heterocycles. The maximum Gasteiger partial charge on any atom is 0.306 e. The Morgan fingerprint density at radius 1 is 0.963 bits per heavy atom. The number of Topliss-reactive ketones (excluding diaryl/α,β-unsaturated/α-hetero) is 1. The van der Waals surface area contributed by atoms with Crippen molar-refractivity contribution < 1.29 is 14.7 Å². The normalized spacial score (nSPS) is 13.4. The number of unbranched alkanes of at least 4 members (excludes halogenated alkanes) is 2. The lowest BCUT2D eigenvalue weighted by atomic mass is 9.86. The zero-order valence-electron chi connectivity index (χ0n) is 17.9. The number of carbonyl (C=O) groups is 2. The molecule has 2 atom stereocenters. The van der Waals surface area contributed by atoms with Crippen LogP contribution in [0.15, 0.2) is 12.1 Å². The summed E-state index contributed by atoms with van der Waals surface area (Å²) in [5, 5.41) is 9.56. The van der Waals surface area contributed by atoms with Crippen LogP contribution in [0.3, 0.4) is 0 Å². The van der Waals surface area contributed by atoms with Crippen molar-refractivity contribution in [3.05, 3.63) is 34.4 Å². The van der Waals surface area contributed by atoms with E-state index in [0.717, 1.165) is 55.2 Å². The van der Waals surface area contributed by atoms with E-state index in [1.165, 1.54) is 12.0 Å². The van der Waals surface area contributed by atoms with E-state index in [1.807, 2.05) is 20.8 Å². The molecule has 0 bridgehead atoms. The van der Waals surface area contributed by atoms with Gasteiger partial charge in [-0.1, -0.05) is 63.6 Å². The number of aryl methyl sites for hydroxylation is 3. The summed E-state index contributed by atoms with van der Waals surface area (Å²) >= 11 is 0. The Bertz CT molecular complexity index is 595. The number of carboxylic acids is 1. The number of hydrogen-bond acceptors (Lipinski definition) is 2. The Morgan fingerprint density at radius 3 is 2.11 bits per heavy atom. The summed E-state index contributed by atoms with van der Waals surface area (Å²) < 4.78 is 0. The molecule has 3 heteroatoms. The summed E-state index contributed by atoms with van der Waals surface area (Å²) in [6.07, 6.45) is 8.04. The minimum Gasteiger partial charge on any atom is -0.481 e. The van der Waals surface area contributed by atoms with Gasteiger partial charge in [0.1, 0.15) is 0 Å². The smallest absolute Gasteiger partial charge is 0.306 e. The van der Waals surface area contributed by atoms with Gasteiger partial charge in [-0.25, -0.2) is 0 Å². The first-order valence-corrected chi connectivity index (χ1v) is 10.6. The fraction of sp³-hybridized carbons (Fsp3) is 0.667. The lowest BCUT2D eigenvalue weighted by Gasteiger charge is -2.19. The Morgan fingerprint density at radius 2 is 1.59 bits per heavy atom. The summed E-state index contributed by atoms with van der Waals surface area (Å²) in [6.45, 7) is 10.4. The third-order valence-electron chi connectivity index (χ3n) is 5.67. The molecule has 3 nitrogen and oxygen atoms in total. The largest absolute Gasteiger partial charge is 0.481 e. The van der Waals surface area contributed by atoms with E-state index in [-0.39, 0.29) is 11.7 Å². The van der Waals surface area contributed by atoms with Crippen LogP contribution >= 0.6 is 0 Å². The summed E-state index contributed by atoms with van der Waals surface area (Å²) in [5.41, 5.74) is 4.12. The highest BCUT2D eigenvalue weighted by Gasteiger charge is 2.21. The summed E-state index contributed by atoms with van der Waals surface area (Å²) in [5.74, 6) is -0.261. The molecule has 2 unspecified atom stereocenters. The maximum absolute atomic E-state index is 12.6. The first-order chi connectivity index (χ1) is 12.8. The molecule has 27 heavy (non-hydrogen) atoms. The maximum atomic E-state index is 12.6. The highest BCUT2D eigenvalue weighted by Crippen LogP contribution is 2.26. The summed E-state index contributed by atoms with van der Waals surface area (Å²) in [4.78, 5) is 24.2. The molecule has 1 aromatic carbocycles. The molecule has 152 valence electrons. The molecule has 0 amide bonds. The number of rotatable bonds is 13. The molecule has 0 aliphatic rings. The van der Waals surface area contributed by atoms with Gasteiger partial charge in [0.05, 0.1) is 5.92 Å². The van der Waals surface area contributed by atoms with Gasteiger partial charge < -0.3 is 5.11 Å². The number of carboxylic acid groups (broad SMARTS) is 1. The van der Waals surface area contributed by atoms with Gasteiger partial charge in [0.15, 0.2) is 5.78 Å². The van der Waals surface area contributed by atoms with Gasteiger partial charge in [0, 0.05) is 12.0 Å². The molecule has 0 saturated heterocycles. The number of aliphatic carboxylic acids is 1. The van der Waals surface area contributed by atoms with E-state index in [2.05, 4.69) is 26.0 Å². The van der Waals surface area contributed by atoms with Gasteiger partial charge in [0.2, 0.25) is 0 Å². The molecular formula is C24H38O3. The van der Waals surface area contributed by atoms with E-state index in [4.69, 9.17) is 0 Å². The van der Waals surface area contributed by atoms with E-state index < -0.39 is 5.97 Å². The zero-order valence-corrected chi connectivity index (χ0v) is 17.9. The predicted octanol–water partition coefficient (Wildman–Crippen LogP) is 6.66. The van der Waals surface area contributed by atoms with Crippen LogP contribution in [0, 0.1) is 32.6 Å². The number of ketones is 1. The van der Waals surface area contributed by atoms with Crippen molar-refractivity contribution in [1.82, 2.24) is 0 Å². The molecule has 1 rings (SSSR count). The van der Waals surface area contributed by atoms with Gasteiger partial charge in [-0.2, -0.15) is 0 Å². The number of benzene rings is 1. The standard InChI is InChI=1S/C24H38O3/c1-6-8-11-20(7-2)16-21(24(26)27)12-9-10-13-22(25)23-18(4)14-17(3)15-19(23)5/h14-15,20-21H,6-13,16H2,1-5H3,(H,26,27). The van der Waals surface area contributed by atoms with Gasteiger partial charge in [-0.15, -0.1) is 0 Å². The van der Waals surface area contributed by atoms with Crippen LogP contribution < -0.4 is 0 Å². The number of hydrogen-bond donors (Lipinski definition) is 1. The van der Waals surface area contributed by atoms with Crippen LogP contribution in [0.4, 0.5) is 0 Å². The van der Waals surface area contributed by atoms with Crippen molar-refractivity contribution in [3.63, 3.8) is 0 Å². The fourth-order valence-corrected chi connectivity index (χ4v) is 4.15. The second-order valence-electron chi connectivity index (χ2n) is 8.13. The van der Waals surface area contributed by atoms with Crippen molar-refractivity contribution in [2.75, 3.05) is 0 Å². The second kappa shape index (κ2) is 11.9. The molecule has 1 aromatic rings. The molecule has 0 spiro atoms. The van der Waals surface area contributed by atoms with Crippen molar-refractivity contribution in [2.24, 2.45) is 11.8 Å². The highest BCUT2D eigenvalue weighted by atomic mass is 16.4. The predicted molar refractivity (Wildman–Crippen MR) is 113 cm³/mol. The zero-order chi connectivity index (χ0) is 20.4. The fourth-order valence-electron chi connectivity index (χ4n) is 4.15. The van der Waals surface area contributed by atoms with Crippen LogP contribution in [-0.4, -0.2) is 16.9 Å². The average Bonchev–Trinajstić information content (AvgIpc) is 2.59. The molecule has 0 heterocycles. The SMILES string of the molecule is CCCCC(CC)CC(CCCCC(=O)c1c(C)cc(C)cc1C)C(=O)O. The Hall–Kier alpha value is -1.64. The van der Waals surface area contributed by atoms with E-state index in [0.29, 0.717) is 18.8 Å². The molecule has 0 aromatic heterocycles. The van der Waals surface area contributed by atoms with Crippen LogP contribution in [0.5, 0.6) is 0 Å². The van der Waals surface area contributed by atoms with E-state index in [1.54, 1.807) is 0 Å². The third-order valence-corrected chi connectivity index (χ3v) is 5.67. The Kier molecular flexibility index (Phi) is 10.4. The van der Waals surface area contributed by atoms with Crippen LogP contribution in [0.25, 0.3) is 0 Å². The van der Waals surface area contributed by atoms with Crippen molar-refractivity contribution >= 4 is 11.8 Å². The lowest BCUT2D eigenvalue weighted by Crippen LogP contribution is -2.18. The Balaban J connectivity index is 2.52. The van der Waals surface area contributed by atoms with Gasteiger partial charge in [0.25, 0.3) is 0 Å². The molecule has 1 N–H and O–H groups in total. The molecule has 0 fully saturated rings. The monoisotopic (exact) mass is 374 g/mol. The third kappa shape index (κ3) is 7.86. The minimum atomic E-state index is -0.679. The topological polar surface area (TPSA) is 54.4 Å². The van der Waals surface area contributed by atoms with Gasteiger partial charge in [-0.05, 0) is 57.1 Å². The van der Waals surface area contributed by atoms with Crippen LogP contribution in [0.1, 0.15) is 98.7 Å². The van der Waals surface area contributed by atoms with Crippen molar-refractivity contribution in [2.45, 2.75) is 92.4 Å². The van der Waals surface area contributed by atoms with Gasteiger partial charge in [-0.3, -0.25) is 9.59 Å². The highest BCUT2D eigenvalue weighted by molar-refractivity contribution is 5.98. The number of carbonyl (C=O) groups excluding carboxylic acids is 1. The first kappa shape index (κ1) is 23.4. The van der Waals surface area contributed by atoms with E-state index >= 15 is 0 Å². The second-order valence-corrected chi connectivity index (χ2v) is 8.13. The van der Waals surface area contributed by atoms with Crippen LogP contribution in [0.2, 0.25) is 0 Å². The van der Waals surface area contributed by atoms with Crippen LogP contribution in [-0.2, 0) is 4.79 Å². The van der Waals surface area contributed by atoms with Gasteiger partial charge >= 0.3 is 5.97 Å². The minimum absolute atomic E-state index is 0.186. The average molecular weight is 375 g/mol. The molecule has 0 aliphatic carbocycles. The summed E-state index contributed by atoms with van der Waals surface area (Å²) in [7, 11) is 0. The molecule has 0 saturated carbocycles. The molecular weight excluding hydrogens is 336 g/mol. The van der Waals surface area contributed by atoms with Crippen molar-refractivity contribution in [3.8, 4) is 0 Å². The lowest BCUT2D eigenvalue weighted by molar-refractivity contribution is -0.142. The quantitative estimate of drug-likeness (QED) is 0.310. The Labute approximate surface area is 165 Å². The van der Waals surface area contributed by atoms with E-state index in [9.17, 15) is 14.7 Å². The first-order valence-electron chi connectivity index (χ1n) is 10.6. The summed E-state index contributed by atoms with van der Waals surface area (Å²) in [6, 6.07) is 4.11.